The third kappa shape index (κ3) is 2.62. The van der Waals surface area contributed by atoms with Gasteiger partial charge in [-0.1, -0.05) is 15.9 Å². The highest BCUT2D eigenvalue weighted by molar-refractivity contribution is 9.10. The minimum absolute atomic E-state index is 0.141. The molecule has 1 aromatic heterocycles. The second-order valence-electron chi connectivity index (χ2n) is 3.02. The second-order valence-corrected chi connectivity index (χ2v) is 4.91. The molecule has 1 heterocycles. The first-order valence-electron chi connectivity index (χ1n) is 4.40. The van der Waals surface area contributed by atoms with Crippen LogP contribution in [-0.4, -0.2) is 9.91 Å². The Balaban J connectivity index is 2.30. The van der Waals surface area contributed by atoms with E-state index in [1.807, 2.05) is 0 Å². The first-order valence-corrected chi connectivity index (χ1v) is 6.01. The average molecular weight is 337 g/mol. The van der Waals surface area contributed by atoms with Crippen molar-refractivity contribution in [2.75, 3.05) is 0 Å². The first kappa shape index (κ1) is 12.8. The van der Waals surface area contributed by atoms with Gasteiger partial charge in [0, 0.05) is 4.47 Å². The van der Waals surface area contributed by atoms with E-state index < -0.39 is 22.3 Å². The molecule has 5 nitrogen and oxygen atoms in total. The zero-order valence-corrected chi connectivity index (χ0v) is 10.8. The van der Waals surface area contributed by atoms with E-state index in [2.05, 4.69) is 20.9 Å². The molecule has 0 amide bonds. The first-order chi connectivity index (χ1) is 8.47. The van der Waals surface area contributed by atoms with Crippen molar-refractivity contribution in [1.29, 1.82) is 0 Å². The number of thiazole rings is 1. The van der Waals surface area contributed by atoms with Crippen LogP contribution in [0.3, 0.4) is 0 Å². The van der Waals surface area contributed by atoms with Gasteiger partial charge in [-0.15, -0.1) is 0 Å². The van der Waals surface area contributed by atoms with E-state index in [-0.39, 0.29) is 14.7 Å². The van der Waals surface area contributed by atoms with Gasteiger partial charge in [-0.05, 0) is 23.5 Å². The second kappa shape index (κ2) is 4.94. The lowest BCUT2D eigenvalue weighted by Crippen LogP contribution is -1.91. The van der Waals surface area contributed by atoms with E-state index in [1.54, 1.807) is 0 Å². The fourth-order valence-corrected chi connectivity index (χ4v) is 2.09. The van der Waals surface area contributed by atoms with Crippen LogP contribution < -0.4 is 4.74 Å². The number of nitro groups is 1. The number of benzene rings is 1. The summed E-state index contributed by atoms with van der Waals surface area (Å²) in [4.78, 5) is 13.4. The molecule has 0 spiro atoms. The maximum Gasteiger partial charge on any atom is 0.347 e. The van der Waals surface area contributed by atoms with Crippen LogP contribution in [-0.2, 0) is 0 Å². The monoisotopic (exact) mass is 336 g/mol. The van der Waals surface area contributed by atoms with Crippen molar-refractivity contribution in [1.82, 2.24) is 4.98 Å². The Labute approximate surface area is 111 Å². The van der Waals surface area contributed by atoms with Gasteiger partial charge in [0.25, 0.3) is 5.19 Å². The Morgan fingerprint density at radius 2 is 2.17 bits per heavy atom. The summed E-state index contributed by atoms with van der Waals surface area (Å²) >= 11 is 3.60. The zero-order chi connectivity index (χ0) is 13.3. The molecule has 0 bridgehead atoms. The SMILES string of the molecule is O=[N+]([O-])c1cnc(Oc2cc(Br)cc(F)c2F)s1. The Morgan fingerprint density at radius 3 is 2.78 bits per heavy atom. The van der Waals surface area contributed by atoms with Crippen LogP contribution in [0.2, 0.25) is 0 Å². The summed E-state index contributed by atoms with van der Waals surface area (Å²) in [5.74, 6) is -2.67. The lowest BCUT2D eigenvalue weighted by Gasteiger charge is -2.04. The van der Waals surface area contributed by atoms with Crippen LogP contribution in [0, 0.1) is 21.7 Å². The molecular weight excluding hydrogens is 334 g/mol. The summed E-state index contributed by atoms with van der Waals surface area (Å²) in [6, 6.07) is 2.14. The van der Waals surface area contributed by atoms with Gasteiger partial charge in [0.05, 0.1) is 4.92 Å². The molecule has 0 atom stereocenters. The molecule has 0 N–H and O–H groups in total. The molecule has 94 valence electrons. The summed E-state index contributed by atoms with van der Waals surface area (Å²) in [6.45, 7) is 0. The van der Waals surface area contributed by atoms with E-state index in [9.17, 15) is 18.9 Å². The van der Waals surface area contributed by atoms with Crippen LogP contribution in [0.25, 0.3) is 0 Å². The lowest BCUT2D eigenvalue weighted by atomic mass is 10.3. The van der Waals surface area contributed by atoms with Crippen molar-refractivity contribution in [3.05, 3.63) is 44.6 Å². The highest BCUT2D eigenvalue weighted by Gasteiger charge is 2.17. The summed E-state index contributed by atoms with van der Waals surface area (Å²) in [5.41, 5.74) is 0. The molecule has 0 saturated carbocycles. The van der Waals surface area contributed by atoms with Crippen molar-refractivity contribution in [2.24, 2.45) is 0 Å². The van der Waals surface area contributed by atoms with Crippen molar-refractivity contribution < 1.29 is 18.4 Å². The van der Waals surface area contributed by atoms with Gasteiger partial charge < -0.3 is 4.74 Å². The molecule has 0 fully saturated rings. The summed E-state index contributed by atoms with van der Waals surface area (Å²) < 4.78 is 31.7. The van der Waals surface area contributed by atoms with E-state index >= 15 is 0 Å². The quantitative estimate of drug-likeness (QED) is 0.484. The van der Waals surface area contributed by atoms with Gasteiger partial charge in [0.15, 0.2) is 11.6 Å². The number of halogens is 3. The Morgan fingerprint density at radius 1 is 1.44 bits per heavy atom. The average Bonchev–Trinajstić information content (AvgIpc) is 2.74. The third-order valence-electron chi connectivity index (χ3n) is 1.81. The topological polar surface area (TPSA) is 65.3 Å². The molecule has 0 saturated heterocycles. The Kier molecular flexibility index (Phi) is 3.53. The van der Waals surface area contributed by atoms with Crippen molar-refractivity contribution in [3.8, 4) is 10.9 Å². The van der Waals surface area contributed by atoms with Crippen LogP contribution in [0.5, 0.6) is 10.9 Å². The highest BCUT2D eigenvalue weighted by atomic mass is 79.9. The minimum atomic E-state index is -1.18. The van der Waals surface area contributed by atoms with E-state index in [0.717, 1.165) is 12.3 Å². The van der Waals surface area contributed by atoms with E-state index in [4.69, 9.17) is 4.74 Å². The molecule has 0 radical (unpaired) electrons. The normalized spacial score (nSPS) is 10.4. The predicted octanol–water partition coefficient (Wildman–Crippen LogP) is 3.88. The van der Waals surface area contributed by atoms with Crippen LogP contribution in [0.1, 0.15) is 0 Å². The van der Waals surface area contributed by atoms with Crippen LogP contribution >= 0.6 is 27.3 Å². The molecule has 2 rings (SSSR count). The molecule has 0 unspecified atom stereocenters. The molecule has 0 aliphatic carbocycles. The Bertz CT molecular complexity index is 620. The maximum absolute atomic E-state index is 13.4. The fraction of sp³-hybridized carbons (Fsp3) is 0. The van der Waals surface area contributed by atoms with Crippen molar-refractivity contribution in [2.45, 2.75) is 0 Å². The van der Waals surface area contributed by atoms with Gasteiger partial charge >= 0.3 is 5.00 Å². The molecule has 18 heavy (non-hydrogen) atoms. The van der Waals surface area contributed by atoms with Crippen molar-refractivity contribution in [3.63, 3.8) is 0 Å². The smallest absolute Gasteiger partial charge is 0.347 e. The van der Waals surface area contributed by atoms with Crippen LogP contribution in [0.15, 0.2) is 22.8 Å². The van der Waals surface area contributed by atoms with Gasteiger partial charge in [-0.25, -0.2) is 9.37 Å². The van der Waals surface area contributed by atoms with Crippen molar-refractivity contribution >= 4 is 32.3 Å². The molecule has 9 heteroatoms. The molecule has 0 aliphatic heterocycles. The lowest BCUT2D eigenvalue weighted by molar-refractivity contribution is -0.380. The third-order valence-corrected chi connectivity index (χ3v) is 3.09. The van der Waals surface area contributed by atoms with Gasteiger partial charge in [0.1, 0.15) is 6.20 Å². The zero-order valence-electron chi connectivity index (χ0n) is 8.39. The predicted molar refractivity (Wildman–Crippen MR) is 62.9 cm³/mol. The summed E-state index contributed by atoms with van der Waals surface area (Å²) in [5, 5.41) is 10.0. The maximum atomic E-state index is 13.4. The standard InChI is InChI=1S/C9H3BrF2N2O3S/c10-4-1-5(11)8(12)6(2-4)17-9-13-3-7(18-9)14(15)16/h1-3H. The number of aromatic nitrogens is 1. The van der Waals surface area contributed by atoms with Gasteiger partial charge in [-0.2, -0.15) is 4.39 Å². The number of hydrogen-bond acceptors (Lipinski definition) is 5. The number of hydrogen-bond donors (Lipinski definition) is 0. The van der Waals surface area contributed by atoms with Gasteiger partial charge in [-0.3, -0.25) is 10.1 Å². The molecule has 1 aromatic carbocycles. The highest BCUT2D eigenvalue weighted by Crippen LogP contribution is 2.34. The summed E-state index contributed by atoms with van der Waals surface area (Å²) in [7, 11) is 0. The fourth-order valence-electron chi connectivity index (χ4n) is 1.08. The summed E-state index contributed by atoms with van der Waals surface area (Å²) in [6.07, 6.45) is 0.978. The molecule has 0 aliphatic rings. The molecular formula is C9H3BrF2N2O3S. The number of nitrogens with zero attached hydrogens (tertiary/aromatic N) is 2. The number of rotatable bonds is 3. The van der Waals surface area contributed by atoms with Crippen LogP contribution in [0.4, 0.5) is 13.8 Å². The van der Waals surface area contributed by atoms with E-state index in [1.165, 1.54) is 6.07 Å². The number of ether oxygens (including phenoxy) is 1. The van der Waals surface area contributed by atoms with E-state index in [0.29, 0.717) is 11.3 Å². The molecule has 2 aromatic rings. The minimum Gasteiger partial charge on any atom is -0.427 e. The largest absolute Gasteiger partial charge is 0.427 e. The Hall–Kier alpha value is -1.61. The van der Waals surface area contributed by atoms with Gasteiger partial charge in [0.2, 0.25) is 5.82 Å².